The van der Waals surface area contributed by atoms with Crippen LogP contribution in [0.2, 0.25) is 0 Å². The highest BCUT2D eigenvalue weighted by Crippen LogP contribution is 2.48. The van der Waals surface area contributed by atoms with Crippen LogP contribution in [0.5, 0.6) is 0 Å². The van der Waals surface area contributed by atoms with Gasteiger partial charge in [0, 0.05) is 33.9 Å². The Bertz CT molecular complexity index is 302. The van der Waals surface area contributed by atoms with Crippen LogP contribution < -0.4 is 5.32 Å². The number of methoxy groups -OCH3 is 1. The van der Waals surface area contributed by atoms with Crippen LogP contribution in [-0.2, 0) is 9.53 Å². The second kappa shape index (κ2) is 6.58. The first-order valence-corrected chi connectivity index (χ1v) is 6.19. The van der Waals surface area contributed by atoms with Gasteiger partial charge in [-0.2, -0.15) is 0 Å². The van der Waals surface area contributed by atoms with Crippen molar-refractivity contribution in [3.8, 4) is 0 Å². The van der Waals surface area contributed by atoms with E-state index in [2.05, 4.69) is 5.32 Å². The Kier molecular flexibility index (Phi) is 5.40. The maximum absolute atomic E-state index is 11.7. The summed E-state index contributed by atoms with van der Waals surface area (Å²) in [5, 5.41) is 11.4. The maximum Gasteiger partial charge on any atom is 0.317 e. The van der Waals surface area contributed by atoms with Crippen LogP contribution in [0.25, 0.3) is 0 Å². The average Bonchev–Trinajstić information content (AvgIpc) is 3.11. The first kappa shape index (κ1) is 14.8. The molecule has 0 spiro atoms. The topological polar surface area (TPSA) is 78.9 Å². The van der Waals surface area contributed by atoms with Crippen molar-refractivity contribution in [2.75, 3.05) is 33.9 Å². The van der Waals surface area contributed by atoms with Crippen LogP contribution in [0.3, 0.4) is 0 Å². The molecule has 0 aromatic carbocycles. The van der Waals surface area contributed by atoms with Crippen LogP contribution in [0, 0.1) is 5.41 Å². The predicted molar refractivity (Wildman–Crippen MR) is 66.4 cm³/mol. The van der Waals surface area contributed by atoms with Crippen LogP contribution in [-0.4, -0.2) is 55.9 Å². The molecule has 1 saturated carbocycles. The zero-order valence-electron chi connectivity index (χ0n) is 11.1. The molecule has 2 N–H and O–H groups in total. The molecule has 1 aliphatic carbocycles. The van der Waals surface area contributed by atoms with E-state index in [-0.39, 0.29) is 24.4 Å². The van der Waals surface area contributed by atoms with Gasteiger partial charge in [0.2, 0.25) is 0 Å². The Morgan fingerprint density at radius 3 is 2.61 bits per heavy atom. The Hall–Kier alpha value is -1.30. The first-order chi connectivity index (χ1) is 8.49. The van der Waals surface area contributed by atoms with Crippen molar-refractivity contribution >= 4 is 12.0 Å². The quantitative estimate of drug-likeness (QED) is 0.678. The van der Waals surface area contributed by atoms with Crippen LogP contribution in [0.1, 0.15) is 25.7 Å². The van der Waals surface area contributed by atoms with Crippen LogP contribution >= 0.6 is 0 Å². The highest BCUT2D eigenvalue weighted by molar-refractivity contribution is 5.75. The van der Waals surface area contributed by atoms with Gasteiger partial charge >= 0.3 is 12.0 Å². The van der Waals surface area contributed by atoms with Gasteiger partial charge in [-0.25, -0.2) is 4.79 Å². The molecule has 18 heavy (non-hydrogen) atoms. The minimum absolute atomic E-state index is 0.0290. The van der Waals surface area contributed by atoms with Crippen molar-refractivity contribution in [2.45, 2.75) is 25.7 Å². The smallest absolute Gasteiger partial charge is 0.317 e. The fourth-order valence-corrected chi connectivity index (χ4v) is 1.77. The number of rotatable bonds is 8. The van der Waals surface area contributed by atoms with Crippen molar-refractivity contribution in [3.63, 3.8) is 0 Å². The van der Waals surface area contributed by atoms with Gasteiger partial charge in [0.1, 0.15) is 0 Å². The Morgan fingerprint density at radius 2 is 2.11 bits per heavy atom. The summed E-state index contributed by atoms with van der Waals surface area (Å²) < 4.78 is 5.05. The fourth-order valence-electron chi connectivity index (χ4n) is 1.77. The normalized spacial score (nSPS) is 16.1. The number of aliphatic carboxylic acids is 1. The van der Waals surface area contributed by atoms with Crippen molar-refractivity contribution < 1.29 is 19.4 Å². The number of nitrogens with one attached hydrogen (secondary N) is 1. The van der Waals surface area contributed by atoms with Gasteiger partial charge in [0.05, 0.1) is 6.42 Å². The number of hydrogen-bond donors (Lipinski definition) is 2. The second-order valence-corrected chi connectivity index (χ2v) is 4.97. The molecule has 0 radical (unpaired) electrons. The number of urea groups is 1. The standard InChI is InChI=1S/C12H22N2O4/c1-14(7-3-10(15)16)11(17)13-9-12(4-5-12)6-8-18-2/h3-9H2,1-2H3,(H,13,17)(H,15,16). The molecule has 6 nitrogen and oxygen atoms in total. The lowest BCUT2D eigenvalue weighted by molar-refractivity contribution is -0.137. The zero-order chi connectivity index (χ0) is 13.6. The fraction of sp³-hybridized carbons (Fsp3) is 0.833. The van der Waals surface area contributed by atoms with Gasteiger partial charge in [-0.15, -0.1) is 0 Å². The Balaban J connectivity index is 2.22. The summed E-state index contributed by atoms with van der Waals surface area (Å²) in [6, 6.07) is -0.208. The molecule has 0 aromatic heterocycles. The SMILES string of the molecule is COCCC1(CNC(=O)N(C)CCC(=O)O)CC1. The van der Waals surface area contributed by atoms with Gasteiger partial charge in [0.25, 0.3) is 0 Å². The number of ether oxygens (including phenoxy) is 1. The molecule has 0 aliphatic heterocycles. The minimum Gasteiger partial charge on any atom is -0.481 e. The van der Waals surface area contributed by atoms with E-state index in [9.17, 15) is 9.59 Å². The van der Waals surface area contributed by atoms with Crippen molar-refractivity contribution in [3.05, 3.63) is 0 Å². The van der Waals surface area contributed by atoms with Gasteiger partial charge < -0.3 is 20.1 Å². The number of carboxylic acid groups (broad SMARTS) is 1. The third-order valence-electron chi connectivity index (χ3n) is 3.42. The summed E-state index contributed by atoms with van der Waals surface area (Å²) in [5.74, 6) is -0.895. The molecule has 6 heteroatoms. The molecule has 1 aliphatic rings. The minimum atomic E-state index is -0.895. The lowest BCUT2D eigenvalue weighted by Crippen LogP contribution is -2.41. The summed E-state index contributed by atoms with van der Waals surface area (Å²) >= 11 is 0. The monoisotopic (exact) mass is 258 g/mol. The molecular weight excluding hydrogens is 236 g/mol. The van der Waals surface area contributed by atoms with E-state index in [1.165, 1.54) is 4.90 Å². The lowest BCUT2D eigenvalue weighted by atomic mass is 10.0. The number of carboxylic acids is 1. The van der Waals surface area contributed by atoms with Crippen molar-refractivity contribution in [1.82, 2.24) is 10.2 Å². The van der Waals surface area contributed by atoms with E-state index in [1.807, 2.05) is 0 Å². The third-order valence-corrected chi connectivity index (χ3v) is 3.42. The summed E-state index contributed by atoms with van der Waals surface area (Å²) in [7, 11) is 3.28. The van der Waals surface area contributed by atoms with E-state index in [0.29, 0.717) is 13.2 Å². The molecule has 2 amide bonds. The van der Waals surface area contributed by atoms with E-state index in [4.69, 9.17) is 9.84 Å². The van der Waals surface area contributed by atoms with Crippen LogP contribution in [0.4, 0.5) is 4.79 Å². The predicted octanol–water partition coefficient (Wildman–Crippen LogP) is 0.919. The Morgan fingerprint density at radius 1 is 1.44 bits per heavy atom. The molecule has 0 bridgehead atoms. The van der Waals surface area contributed by atoms with E-state index < -0.39 is 5.97 Å². The molecule has 1 fully saturated rings. The second-order valence-electron chi connectivity index (χ2n) is 4.97. The average molecular weight is 258 g/mol. The van der Waals surface area contributed by atoms with Gasteiger partial charge in [-0.1, -0.05) is 0 Å². The van der Waals surface area contributed by atoms with Crippen molar-refractivity contribution in [1.29, 1.82) is 0 Å². The molecule has 0 unspecified atom stereocenters. The van der Waals surface area contributed by atoms with E-state index in [0.717, 1.165) is 19.3 Å². The molecule has 0 saturated heterocycles. The molecule has 0 aromatic rings. The van der Waals surface area contributed by atoms with Gasteiger partial charge in [-0.3, -0.25) is 4.79 Å². The number of carbonyl (C=O) groups is 2. The molecule has 1 rings (SSSR count). The largest absolute Gasteiger partial charge is 0.481 e. The molecule has 0 atom stereocenters. The summed E-state index contributed by atoms with van der Waals surface area (Å²) in [4.78, 5) is 23.5. The number of carbonyl (C=O) groups excluding carboxylic acids is 1. The Labute approximate surface area is 107 Å². The number of amides is 2. The number of nitrogens with zero attached hydrogens (tertiary/aromatic N) is 1. The van der Waals surface area contributed by atoms with Gasteiger partial charge in [0.15, 0.2) is 0 Å². The highest BCUT2D eigenvalue weighted by Gasteiger charge is 2.42. The third kappa shape index (κ3) is 4.91. The lowest BCUT2D eigenvalue weighted by Gasteiger charge is -2.20. The maximum atomic E-state index is 11.7. The summed E-state index contributed by atoms with van der Waals surface area (Å²) in [6.07, 6.45) is 3.17. The molecular formula is C12H22N2O4. The van der Waals surface area contributed by atoms with Crippen LogP contribution in [0.15, 0.2) is 0 Å². The van der Waals surface area contributed by atoms with E-state index >= 15 is 0 Å². The summed E-state index contributed by atoms with van der Waals surface area (Å²) in [5.41, 5.74) is 0.208. The summed E-state index contributed by atoms with van der Waals surface area (Å²) in [6.45, 7) is 1.59. The van der Waals surface area contributed by atoms with E-state index in [1.54, 1.807) is 14.2 Å². The zero-order valence-corrected chi connectivity index (χ0v) is 11.1. The van der Waals surface area contributed by atoms with Crippen molar-refractivity contribution in [2.24, 2.45) is 5.41 Å². The van der Waals surface area contributed by atoms with Gasteiger partial charge in [-0.05, 0) is 24.7 Å². The highest BCUT2D eigenvalue weighted by atomic mass is 16.5. The number of hydrogen-bond acceptors (Lipinski definition) is 3. The first-order valence-electron chi connectivity index (χ1n) is 6.19. The molecule has 104 valence electrons. The molecule has 0 heterocycles.